The van der Waals surface area contributed by atoms with Crippen molar-refractivity contribution in [3.63, 3.8) is 0 Å². The maximum atomic E-state index is 12.8. The van der Waals surface area contributed by atoms with Gasteiger partial charge in [-0.05, 0) is 48.9 Å². The van der Waals surface area contributed by atoms with Crippen molar-refractivity contribution in [2.24, 2.45) is 0 Å². The molecule has 0 radical (unpaired) electrons. The van der Waals surface area contributed by atoms with Gasteiger partial charge in [0.2, 0.25) is 0 Å². The first-order valence-electron chi connectivity index (χ1n) is 7.36. The normalized spacial score (nSPS) is 17.6. The zero-order valence-corrected chi connectivity index (χ0v) is 13.2. The molecule has 2 aliphatic rings. The average molecular weight is 338 g/mol. The van der Waals surface area contributed by atoms with Crippen molar-refractivity contribution in [1.82, 2.24) is 4.90 Å². The van der Waals surface area contributed by atoms with Crippen molar-refractivity contribution in [3.05, 3.63) is 34.9 Å². The highest BCUT2D eigenvalue weighted by Crippen LogP contribution is 2.28. The first-order valence-corrected chi connectivity index (χ1v) is 8.48. The van der Waals surface area contributed by atoms with Crippen molar-refractivity contribution in [2.45, 2.75) is 44.9 Å². The number of ether oxygens (including phenoxy) is 1. The fourth-order valence-corrected chi connectivity index (χ4v) is 3.10. The third-order valence-electron chi connectivity index (χ3n) is 4.28. The zero-order chi connectivity index (χ0) is 13.9. The molecule has 0 N–H and O–H groups in total. The molecule has 3 rings (SSSR count). The number of carbonyl (C=O) groups is 1. The van der Waals surface area contributed by atoms with E-state index in [-0.39, 0.29) is 5.91 Å². The van der Waals surface area contributed by atoms with Crippen LogP contribution in [0.15, 0.2) is 18.2 Å². The highest BCUT2D eigenvalue weighted by atomic mass is 79.9. The van der Waals surface area contributed by atoms with E-state index in [1.165, 1.54) is 17.5 Å². The molecule has 1 saturated carbocycles. The highest BCUT2D eigenvalue weighted by molar-refractivity contribution is 9.09. The van der Waals surface area contributed by atoms with E-state index < -0.39 is 0 Å². The predicted molar refractivity (Wildman–Crippen MR) is 82.0 cm³/mol. The standard InChI is InChI=1S/C16H20BrNO2/c17-7-2-8-18(15-3-1-4-15)16(19)12-5-6-13-10-20-11-14(13)9-12/h5-6,9,15H,1-4,7-8,10-11H2. The van der Waals surface area contributed by atoms with Crippen LogP contribution in [0, 0.1) is 0 Å². The van der Waals surface area contributed by atoms with Crippen molar-refractivity contribution in [2.75, 3.05) is 11.9 Å². The van der Waals surface area contributed by atoms with Crippen LogP contribution in [0.25, 0.3) is 0 Å². The smallest absolute Gasteiger partial charge is 0.254 e. The number of fused-ring (bicyclic) bond motifs is 1. The molecule has 0 spiro atoms. The molecule has 20 heavy (non-hydrogen) atoms. The Morgan fingerprint density at radius 3 is 2.80 bits per heavy atom. The third kappa shape index (κ3) is 2.77. The van der Waals surface area contributed by atoms with Gasteiger partial charge in [0.1, 0.15) is 0 Å². The molecule has 0 saturated heterocycles. The Kier molecular flexibility index (Phi) is 4.41. The van der Waals surface area contributed by atoms with E-state index >= 15 is 0 Å². The molecule has 0 unspecified atom stereocenters. The van der Waals surface area contributed by atoms with Crippen molar-refractivity contribution in [3.8, 4) is 0 Å². The molecule has 0 aromatic heterocycles. The molecule has 0 atom stereocenters. The molecular formula is C16H20BrNO2. The summed E-state index contributed by atoms with van der Waals surface area (Å²) in [6.07, 6.45) is 4.57. The summed E-state index contributed by atoms with van der Waals surface area (Å²) in [5.41, 5.74) is 3.21. The van der Waals surface area contributed by atoms with Gasteiger partial charge in [-0.3, -0.25) is 4.79 Å². The number of alkyl halides is 1. The lowest BCUT2D eigenvalue weighted by Crippen LogP contribution is -2.44. The summed E-state index contributed by atoms with van der Waals surface area (Å²) in [6.45, 7) is 2.17. The Labute approximate surface area is 128 Å². The topological polar surface area (TPSA) is 29.5 Å². The number of halogens is 1. The molecule has 1 aromatic carbocycles. The summed E-state index contributed by atoms with van der Waals surface area (Å²) >= 11 is 3.46. The van der Waals surface area contributed by atoms with Crippen LogP contribution < -0.4 is 0 Å². The number of amides is 1. The van der Waals surface area contributed by atoms with Crippen LogP contribution in [-0.4, -0.2) is 28.7 Å². The molecule has 0 bridgehead atoms. The fourth-order valence-electron chi connectivity index (χ4n) is 2.85. The lowest BCUT2D eigenvalue weighted by molar-refractivity contribution is 0.0581. The van der Waals surface area contributed by atoms with Gasteiger partial charge in [-0.15, -0.1) is 0 Å². The van der Waals surface area contributed by atoms with Gasteiger partial charge in [0.25, 0.3) is 5.91 Å². The first kappa shape index (κ1) is 14.1. The van der Waals surface area contributed by atoms with Gasteiger partial charge in [0.15, 0.2) is 0 Å². The highest BCUT2D eigenvalue weighted by Gasteiger charge is 2.29. The molecule has 1 fully saturated rings. The van der Waals surface area contributed by atoms with Crippen LogP contribution in [0.4, 0.5) is 0 Å². The number of rotatable bonds is 5. The van der Waals surface area contributed by atoms with E-state index in [0.717, 1.165) is 36.7 Å². The predicted octanol–water partition coefficient (Wildman–Crippen LogP) is 3.50. The second-order valence-electron chi connectivity index (χ2n) is 5.60. The summed E-state index contributed by atoms with van der Waals surface area (Å²) in [5, 5.41) is 0.946. The molecule has 1 aliphatic heterocycles. The maximum Gasteiger partial charge on any atom is 0.254 e. The van der Waals surface area contributed by atoms with Gasteiger partial charge in [-0.2, -0.15) is 0 Å². The van der Waals surface area contributed by atoms with Crippen molar-refractivity contribution >= 4 is 21.8 Å². The van der Waals surface area contributed by atoms with Gasteiger partial charge in [-0.25, -0.2) is 0 Å². The quantitative estimate of drug-likeness (QED) is 0.769. The van der Waals surface area contributed by atoms with E-state index in [1.807, 2.05) is 18.2 Å². The van der Waals surface area contributed by atoms with Crippen LogP contribution >= 0.6 is 15.9 Å². The lowest BCUT2D eigenvalue weighted by atomic mass is 9.90. The number of hydrogen-bond donors (Lipinski definition) is 0. The average Bonchev–Trinajstić information content (AvgIpc) is 2.87. The summed E-state index contributed by atoms with van der Waals surface area (Å²) < 4.78 is 5.42. The molecule has 4 heteroatoms. The zero-order valence-electron chi connectivity index (χ0n) is 11.6. The summed E-state index contributed by atoms with van der Waals surface area (Å²) in [5.74, 6) is 0.186. The molecule has 3 nitrogen and oxygen atoms in total. The van der Waals surface area contributed by atoms with Gasteiger partial charge >= 0.3 is 0 Å². The Morgan fingerprint density at radius 1 is 1.30 bits per heavy atom. The minimum absolute atomic E-state index is 0.186. The maximum absolute atomic E-state index is 12.8. The van der Waals surface area contributed by atoms with Crippen molar-refractivity contribution in [1.29, 1.82) is 0 Å². The van der Waals surface area contributed by atoms with E-state index in [4.69, 9.17) is 4.74 Å². The number of hydrogen-bond acceptors (Lipinski definition) is 2. The van der Waals surface area contributed by atoms with Gasteiger partial charge in [0, 0.05) is 23.5 Å². The Balaban J connectivity index is 1.77. The van der Waals surface area contributed by atoms with Crippen molar-refractivity contribution < 1.29 is 9.53 Å². The largest absolute Gasteiger partial charge is 0.372 e. The second-order valence-corrected chi connectivity index (χ2v) is 6.40. The van der Waals surface area contributed by atoms with E-state index in [1.54, 1.807) is 0 Å². The summed E-state index contributed by atoms with van der Waals surface area (Å²) in [6, 6.07) is 6.46. The molecule has 1 aromatic rings. The van der Waals surface area contributed by atoms with Crippen LogP contribution in [0.2, 0.25) is 0 Å². The first-order chi connectivity index (χ1) is 9.79. The summed E-state index contributed by atoms with van der Waals surface area (Å²) in [7, 11) is 0. The number of nitrogens with zero attached hydrogens (tertiary/aromatic N) is 1. The molecule has 108 valence electrons. The van der Waals surface area contributed by atoms with Gasteiger partial charge < -0.3 is 9.64 Å². The minimum atomic E-state index is 0.186. The Bertz CT molecular complexity index is 499. The molecule has 1 amide bonds. The van der Waals surface area contributed by atoms with E-state index in [2.05, 4.69) is 20.8 Å². The number of carbonyl (C=O) groups excluding carboxylic acids is 1. The summed E-state index contributed by atoms with van der Waals surface area (Å²) in [4.78, 5) is 14.8. The third-order valence-corrected chi connectivity index (χ3v) is 4.84. The Morgan fingerprint density at radius 2 is 2.10 bits per heavy atom. The lowest BCUT2D eigenvalue weighted by Gasteiger charge is -2.37. The van der Waals surface area contributed by atoms with Crippen LogP contribution in [0.3, 0.4) is 0 Å². The van der Waals surface area contributed by atoms with E-state index in [0.29, 0.717) is 19.3 Å². The van der Waals surface area contributed by atoms with E-state index in [9.17, 15) is 4.79 Å². The van der Waals surface area contributed by atoms with Crippen LogP contribution in [-0.2, 0) is 18.0 Å². The van der Waals surface area contributed by atoms with Gasteiger partial charge in [-0.1, -0.05) is 22.0 Å². The fraction of sp³-hybridized carbons (Fsp3) is 0.562. The van der Waals surface area contributed by atoms with Crippen LogP contribution in [0.1, 0.15) is 47.2 Å². The van der Waals surface area contributed by atoms with Crippen LogP contribution in [0.5, 0.6) is 0 Å². The molecular weight excluding hydrogens is 318 g/mol. The Hall–Kier alpha value is -0.870. The number of benzene rings is 1. The SMILES string of the molecule is O=C(c1ccc2c(c1)COC2)N(CCCBr)C1CCC1. The molecule has 1 aliphatic carbocycles. The second kappa shape index (κ2) is 6.27. The van der Waals surface area contributed by atoms with Gasteiger partial charge in [0.05, 0.1) is 13.2 Å². The monoisotopic (exact) mass is 337 g/mol. The minimum Gasteiger partial charge on any atom is -0.372 e. The molecule has 1 heterocycles.